The van der Waals surface area contributed by atoms with E-state index in [2.05, 4.69) is 33.0 Å². The largest absolute Gasteiger partial charge is 0.385 e. The molecule has 3 rings (SSSR count). The van der Waals surface area contributed by atoms with Crippen molar-refractivity contribution in [3.05, 3.63) is 23.3 Å². The van der Waals surface area contributed by atoms with Crippen LogP contribution in [-0.4, -0.2) is 40.5 Å². The van der Waals surface area contributed by atoms with E-state index in [1.165, 1.54) is 6.92 Å². The second kappa shape index (κ2) is 9.65. The molecule has 1 amide bonds. The van der Waals surface area contributed by atoms with Crippen molar-refractivity contribution in [2.24, 2.45) is 35.0 Å². The minimum Gasteiger partial charge on any atom is -0.385 e. The van der Waals surface area contributed by atoms with Crippen molar-refractivity contribution < 1.29 is 24.3 Å². The Labute approximate surface area is 197 Å². The lowest BCUT2D eigenvalue weighted by Crippen LogP contribution is -2.54. The SMILES string of the molecule is CC(=O)C[C@@H]1CC(=O)[C@H](O)CC/C(C)=C\[C@H]2C=C(C)[C@@H](C)[C@H]3[C@H](CC(C)C)NC(=O)[C@]32C1=O. The molecular formula is C27H39NO5. The summed E-state index contributed by atoms with van der Waals surface area (Å²) in [7, 11) is 0. The molecule has 0 aromatic carbocycles. The van der Waals surface area contributed by atoms with Gasteiger partial charge >= 0.3 is 0 Å². The molecule has 2 aliphatic carbocycles. The molecule has 0 unspecified atom stereocenters. The zero-order valence-electron chi connectivity index (χ0n) is 20.8. The Morgan fingerprint density at radius 1 is 1.21 bits per heavy atom. The van der Waals surface area contributed by atoms with E-state index >= 15 is 0 Å². The maximum atomic E-state index is 14.4. The van der Waals surface area contributed by atoms with E-state index in [1.54, 1.807) is 0 Å². The summed E-state index contributed by atoms with van der Waals surface area (Å²) in [4.78, 5) is 53.2. The molecule has 0 saturated carbocycles. The first-order valence-electron chi connectivity index (χ1n) is 12.3. The average molecular weight is 458 g/mol. The number of Topliss-reactive ketones (excluding diaryl/α,β-unsaturated/α-hetero) is 3. The molecule has 1 aliphatic heterocycles. The van der Waals surface area contributed by atoms with Gasteiger partial charge in [-0.2, -0.15) is 0 Å². The Morgan fingerprint density at radius 2 is 1.88 bits per heavy atom. The molecule has 2 N–H and O–H groups in total. The Hall–Kier alpha value is -2.08. The Kier molecular flexibility index (Phi) is 7.47. The number of nitrogens with one attached hydrogen (secondary N) is 1. The Bertz CT molecular complexity index is 900. The van der Waals surface area contributed by atoms with Gasteiger partial charge in [0.25, 0.3) is 0 Å². The van der Waals surface area contributed by atoms with E-state index in [0.717, 1.165) is 17.6 Å². The molecule has 6 nitrogen and oxygen atoms in total. The summed E-state index contributed by atoms with van der Waals surface area (Å²) in [6, 6.07) is -0.152. The predicted molar refractivity (Wildman–Crippen MR) is 126 cm³/mol. The maximum absolute atomic E-state index is 14.4. The van der Waals surface area contributed by atoms with E-state index in [-0.39, 0.29) is 54.6 Å². The molecule has 1 saturated heterocycles. The Balaban J connectivity index is 2.25. The molecule has 0 aromatic rings. The van der Waals surface area contributed by atoms with Crippen LogP contribution in [0.4, 0.5) is 0 Å². The summed E-state index contributed by atoms with van der Waals surface area (Å²) in [5.74, 6) is -2.50. The van der Waals surface area contributed by atoms with Crippen LogP contribution in [-0.2, 0) is 19.2 Å². The smallest absolute Gasteiger partial charge is 0.235 e. The summed E-state index contributed by atoms with van der Waals surface area (Å²) < 4.78 is 0. The van der Waals surface area contributed by atoms with Gasteiger partial charge in [0, 0.05) is 36.6 Å². The van der Waals surface area contributed by atoms with Crippen LogP contribution in [0.25, 0.3) is 0 Å². The third kappa shape index (κ3) is 4.64. The number of hydrogen-bond acceptors (Lipinski definition) is 5. The van der Waals surface area contributed by atoms with Crippen molar-refractivity contribution in [3.63, 3.8) is 0 Å². The monoisotopic (exact) mass is 457 g/mol. The zero-order chi connectivity index (χ0) is 24.7. The molecule has 33 heavy (non-hydrogen) atoms. The lowest BCUT2D eigenvalue weighted by molar-refractivity contribution is -0.150. The molecule has 0 aromatic heterocycles. The highest BCUT2D eigenvalue weighted by Crippen LogP contribution is 2.56. The molecule has 1 fully saturated rings. The van der Waals surface area contributed by atoms with Gasteiger partial charge < -0.3 is 15.2 Å². The van der Waals surface area contributed by atoms with Crippen molar-refractivity contribution in [3.8, 4) is 0 Å². The fourth-order valence-corrected chi connectivity index (χ4v) is 6.38. The normalized spacial score (nSPS) is 39.1. The van der Waals surface area contributed by atoms with E-state index in [1.807, 2.05) is 19.1 Å². The second-order valence-corrected chi connectivity index (χ2v) is 11.0. The lowest BCUT2D eigenvalue weighted by Gasteiger charge is -2.46. The highest BCUT2D eigenvalue weighted by Gasteiger charge is 2.66. The van der Waals surface area contributed by atoms with Gasteiger partial charge in [-0.15, -0.1) is 0 Å². The standard InChI is InChI=1S/C27H39NO5/c1-14(2)9-21-24-18(6)16(4)11-20-10-15(3)7-8-22(30)23(31)13-19(12-17(5)29)25(32)27(20,24)26(33)28-21/h10-11,14,18-22,24,30H,7-9,12-13H2,1-6H3,(H,28,33)/b15-10-/t18-,19-,20+,21+,22-,24+,27+/m1/s1. The second-order valence-electron chi connectivity index (χ2n) is 11.0. The van der Waals surface area contributed by atoms with E-state index in [0.29, 0.717) is 12.3 Å². The van der Waals surface area contributed by atoms with Gasteiger partial charge in [0.2, 0.25) is 5.91 Å². The minimum absolute atomic E-state index is 0.00556. The van der Waals surface area contributed by atoms with E-state index in [9.17, 15) is 24.3 Å². The summed E-state index contributed by atoms with van der Waals surface area (Å²) in [6.45, 7) is 11.7. The number of allylic oxidation sites excluding steroid dienone is 4. The number of aliphatic hydroxyl groups is 1. The highest BCUT2D eigenvalue weighted by molar-refractivity contribution is 6.11. The molecule has 7 atom stereocenters. The number of carbonyl (C=O) groups is 4. The van der Waals surface area contributed by atoms with Crippen LogP contribution in [0.1, 0.15) is 73.6 Å². The van der Waals surface area contributed by atoms with Gasteiger partial charge in [-0.25, -0.2) is 0 Å². The van der Waals surface area contributed by atoms with Gasteiger partial charge in [-0.05, 0) is 51.9 Å². The molecule has 3 aliphatic rings. The van der Waals surface area contributed by atoms with Crippen molar-refractivity contribution in [2.45, 2.75) is 85.8 Å². The lowest BCUT2D eigenvalue weighted by atomic mass is 9.53. The van der Waals surface area contributed by atoms with Gasteiger partial charge in [0.05, 0.1) is 0 Å². The van der Waals surface area contributed by atoms with Gasteiger partial charge in [0.1, 0.15) is 17.3 Å². The number of aliphatic hydroxyl groups excluding tert-OH is 1. The van der Waals surface area contributed by atoms with Crippen LogP contribution in [0.15, 0.2) is 23.3 Å². The fourth-order valence-electron chi connectivity index (χ4n) is 6.38. The zero-order valence-corrected chi connectivity index (χ0v) is 20.8. The van der Waals surface area contributed by atoms with Crippen LogP contribution in [0.3, 0.4) is 0 Å². The topological polar surface area (TPSA) is 101 Å². The number of rotatable bonds is 4. The van der Waals surface area contributed by atoms with E-state index in [4.69, 9.17) is 0 Å². The van der Waals surface area contributed by atoms with Crippen molar-refractivity contribution in [1.82, 2.24) is 5.32 Å². The third-order valence-corrected chi connectivity index (χ3v) is 8.01. The molecule has 1 spiro atoms. The molecule has 0 radical (unpaired) electrons. The van der Waals surface area contributed by atoms with E-state index < -0.39 is 29.1 Å². The number of amides is 1. The summed E-state index contributed by atoms with van der Waals surface area (Å²) in [5.41, 5.74) is 0.744. The third-order valence-electron chi connectivity index (χ3n) is 8.01. The van der Waals surface area contributed by atoms with Gasteiger partial charge in [-0.1, -0.05) is 44.1 Å². The summed E-state index contributed by atoms with van der Waals surface area (Å²) in [6.07, 6.45) is 4.09. The van der Waals surface area contributed by atoms with Crippen LogP contribution >= 0.6 is 0 Å². The summed E-state index contributed by atoms with van der Waals surface area (Å²) in [5, 5.41) is 13.6. The first kappa shape index (κ1) is 25.5. The number of carbonyl (C=O) groups excluding carboxylic acids is 4. The predicted octanol–water partition coefficient (Wildman–Crippen LogP) is 3.57. The molecule has 6 heteroatoms. The van der Waals surface area contributed by atoms with Gasteiger partial charge in [-0.3, -0.25) is 14.4 Å². The average Bonchev–Trinajstić information content (AvgIpc) is 2.99. The molecule has 1 heterocycles. The fraction of sp³-hybridized carbons (Fsp3) is 0.704. The van der Waals surface area contributed by atoms with Crippen LogP contribution in [0.5, 0.6) is 0 Å². The summed E-state index contributed by atoms with van der Waals surface area (Å²) >= 11 is 0. The first-order valence-corrected chi connectivity index (χ1v) is 12.3. The first-order chi connectivity index (χ1) is 15.4. The minimum atomic E-state index is -1.35. The van der Waals surface area contributed by atoms with Crippen molar-refractivity contribution in [2.75, 3.05) is 0 Å². The Morgan fingerprint density at radius 3 is 2.48 bits per heavy atom. The van der Waals surface area contributed by atoms with Crippen LogP contribution < -0.4 is 5.32 Å². The molecule has 182 valence electrons. The van der Waals surface area contributed by atoms with Crippen molar-refractivity contribution in [1.29, 1.82) is 0 Å². The molecule has 0 bridgehead atoms. The quantitative estimate of drug-likeness (QED) is 0.496. The maximum Gasteiger partial charge on any atom is 0.235 e. The number of hydrogen-bond donors (Lipinski definition) is 2. The molecular weight excluding hydrogens is 418 g/mol. The van der Waals surface area contributed by atoms with Crippen LogP contribution in [0.2, 0.25) is 0 Å². The number of ketones is 3. The highest BCUT2D eigenvalue weighted by atomic mass is 16.3. The van der Waals surface area contributed by atoms with Crippen LogP contribution in [0, 0.1) is 35.0 Å². The van der Waals surface area contributed by atoms with Crippen molar-refractivity contribution >= 4 is 23.3 Å². The van der Waals surface area contributed by atoms with Gasteiger partial charge in [0.15, 0.2) is 11.6 Å².